The number of ether oxygens (including phenoxy) is 2. The molecule has 166 valence electrons. The second-order valence-corrected chi connectivity index (χ2v) is 5.71. The number of nitrogens with zero attached hydrogens (tertiary/aromatic N) is 1. The number of carbonyl (C=O) groups is 1. The zero-order chi connectivity index (χ0) is 21.1. The van der Waals surface area contributed by atoms with Crippen molar-refractivity contribution < 1.29 is 27.5 Å². The maximum atomic E-state index is 12.6. The monoisotopic (exact) mass is 538 g/mol. The van der Waals surface area contributed by atoms with E-state index in [0.29, 0.717) is 36.9 Å². The van der Waals surface area contributed by atoms with Gasteiger partial charge in [-0.3, -0.25) is 4.79 Å². The van der Waals surface area contributed by atoms with Gasteiger partial charge in [-0.25, -0.2) is 4.99 Å². The number of benzene rings is 1. The molecule has 30 heavy (non-hydrogen) atoms. The van der Waals surface area contributed by atoms with Crippen molar-refractivity contribution >= 4 is 35.8 Å². The summed E-state index contributed by atoms with van der Waals surface area (Å²) in [6.45, 7) is 0.387. The Hall–Kier alpha value is -2.57. The summed E-state index contributed by atoms with van der Waals surface area (Å²) in [7, 11) is 1.48. The number of amides is 1. The van der Waals surface area contributed by atoms with Gasteiger partial charge in [0.2, 0.25) is 0 Å². The third-order valence-electron chi connectivity index (χ3n) is 3.68. The summed E-state index contributed by atoms with van der Waals surface area (Å²) >= 11 is 0. The highest BCUT2D eigenvalue weighted by Gasteiger charge is 2.11. The van der Waals surface area contributed by atoms with E-state index in [1.54, 1.807) is 18.2 Å². The highest BCUT2D eigenvalue weighted by Crippen LogP contribution is 2.26. The number of alkyl halides is 2. The number of aliphatic imine (C=N–C) groups is 1. The first-order chi connectivity index (χ1) is 14.0. The first-order valence-corrected chi connectivity index (χ1v) is 8.99. The average molecular weight is 538 g/mol. The van der Waals surface area contributed by atoms with Gasteiger partial charge >= 0.3 is 6.61 Å². The van der Waals surface area contributed by atoms with E-state index in [-0.39, 0.29) is 47.9 Å². The molecule has 1 heterocycles. The van der Waals surface area contributed by atoms with E-state index in [1.807, 2.05) is 6.92 Å². The largest absolute Gasteiger partial charge is 0.497 e. The summed E-state index contributed by atoms with van der Waals surface area (Å²) in [5.74, 6) is 0.922. The number of rotatable bonds is 10. The molecule has 1 aromatic carbocycles. The fraction of sp³-hybridized carbons (Fsp3) is 0.368. The normalized spacial score (nSPS) is 10.9. The maximum Gasteiger partial charge on any atom is 0.387 e. The van der Waals surface area contributed by atoms with E-state index in [1.165, 1.54) is 25.5 Å². The Morgan fingerprint density at radius 1 is 1.20 bits per heavy atom. The lowest BCUT2D eigenvalue weighted by Gasteiger charge is -2.13. The zero-order valence-electron chi connectivity index (χ0n) is 16.6. The third-order valence-corrected chi connectivity index (χ3v) is 3.68. The lowest BCUT2D eigenvalue weighted by Crippen LogP contribution is -2.41. The van der Waals surface area contributed by atoms with Crippen LogP contribution in [0.2, 0.25) is 0 Å². The molecule has 0 aliphatic carbocycles. The molecule has 0 bridgehead atoms. The van der Waals surface area contributed by atoms with Crippen LogP contribution in [-0.2, 0) is 6.54 Å². The minimum atomic E-state index is -2.93. The molecule has 2 aromatic rings. The smallest absolute Gasteiger partial charge is 0.387 e. The minimum absolute atomic E-state index is 0. The second kappa shape index (κ2) is 13.6. The molecular weight excluding hydrogens is 513 g/mol. The zero-order valence-corrected chi connectivity index (χ0v) is 18.9. The van der Waals surface area contributed by atoms with Crippen molar-refractivity contribution in [1.82, 2.24) is 16.0 Å². The Labute approximate surface area is 190 Å². The molecule has 0 aliphatic rings. The van der Waals surface area contributed by atoms with Crippen LogP contribution < -0.4 is 25.4 Å². The van der Waals surface area contributed by atoms with Gasteiger partial charge < -0.3 is 29.8 Å². The van der Waals surface area contributed by atoms with Crippen LogP contribution in [0.5, 0.6) is 11.5 Å². The number of nitrogens with one attached hydrogen (secondary N) is 3. The molecule has 1 aromatic heterocycles. The Kier molecular flexibility index (Phi) is 11.6. The molecular formula is C19H25F2IN4O4. The van der Waals surface area contributed by atoms with Crippen LogP contribution in [-0.4, -0.2) is 45.2 Å². The van der Waals surface area contributed by atoms with Crippen LogP contribution >= 0.6 is 24.0 Å². The molecule has 0 radical (unpaired) electrons. The molecule has 2 rings (SSSR count). The average Bonchev–Trinajstić information content (AvgIpc) is 3.24. The van der Waals surface area contributed by atoms with Crippen molar-refractivity contribution in [2.24, 2.45) is 4.99 Å². The summed E-state index contributed by atoms with van der Waals surface area (Å²) in [5, 5.41) is 8.80. The van der Waals surface area contributed by atoms with Gasteiger partial charge in [0, 0.05) is 25.2 Å². The van der Waals surface area contributed by atoms with Crippen molar-refractivity contribution in [2.45, 2.75) is 20.1 Å². The van der Waals surface area contributed by atoms with Crippen molar-refractivity contribution in [2.75, 3.05) is 26.7 Å². The van der Waals surface area contributed by atoms with Gasteiger partial charge in [-0.2, -0.15) is 8.78 Å². The topological polar surface area (TPSA) is 97.1 Å². The fourth-order valence-electron chi connectivity index (χ4n) is 2.38. The Morgan fingerprint density at radius 3 is 2.60 bits per heavy atom. The predicted octanol–water partition coefficient (Wildman–Crippen LogP) is 2.99. The molecule has 3 N–H and O–H groups in total. The molecule has 0 saturated heterocycles. The van der Waals surface area contributed by atoms with E-state index >= 15 is 0 Å². The van der Waals surface area contributed by atoms with Crippen LogP contribution in [0, 0.1) is 0 Å². The van der Waals surface area contributed by atoms with Gasteiger partial charge in [0.15, 0.2) is 11.7 Å². The fourth-order valence-corrected chi connectivity index (χ4v) is 2.38. The predicted molar refractivity (Wildman–Crippen MR) is 119 cm³/mol. The van der Waals surface area contributed by atoms with Crippen LogP contribution in [0.3, 0.4) is 0 Å². The molecule has 1 amide bonds. The number of hydrogen-bond donors (Lipinski definition) is 3. The number of guanidine groups is 1. The molecule has 0 unspecified atom stereocenters. The van der Waals surface area contributed by atoms with E-state index < -0.39 is 6.61 Å². The van der Waals surface area contributed by atoms with Crippen LogP contribution in [0.15, 0.2) is 46.0 Å². The Bertz CT molecular complexity index is 804. The lowest BCUT2D eigenvalue weighted by molar-refractivity contribution is -0.0504. The van der Waals surface area contributed by atoms with Gasteiger partial charge in [0.25, 0.3) is 5.91 Å². The minimum Gasteiger partial charge on any atom is -0.497 e. The highest BCUT2D eigenvalue weighted by atomic mass is 127. The maximum absolute atomic E-state index is 12.6. The quantitative estimate of drug-likeness (QED) is 0.186. The van der Waals surface area contributed by atoms with Crippen LogP contribution in [0.25, 0.3) is 0 Å². The molecule has 0 atom stereocenters. The van der Waals surface area contributed by atoms with E-state index in [4.69, 9.17) is 9.15 Å². The first kappa shape index (κ1) is 25.5. The number of halogens is 3. The molecule has 0 aliphatic heterocycles. The van der Waals surface area contributed by atoms with E-state index in [2.05, 4.69) is 25.7 Å². The number of methoxy groups -OCH3 is 1. The summed E-state index contributed by atoms with van der Waals surface area (Å²) in [6, 6.07) is 7.75. The summed E-state index contributed by atoms with van der Waals surface area (Å²) in [5.41, 5.74) is 0.452. The molecule has 0 saturated carbocycles. The van der Waals surface area contributed by atoms with Crippen LogP contribution in [0.1, 0.15) is 23.0 Å². The SMILES string of the molecule is CCNC(=NCc1cc(OC)ccc1OC(F)F)NCCNC(=O)c1ccco1.I. The van der Waals surface area contributed by atoms with Gasteiger partial charge in [0.1, 0.15) is 11.5 Å². The standard InChI is InChI=1S/C19H24F2N4O4.HI/c1-3-22-19(24-9-8-23-17(26)16-5-4-10-28-16)25-12-13-11-14(27-2)6-7-15(13)29-18(20)21;/h4-7,10-11,18H,3,8-9,12H2,1-2H3,(H,23,26)(H2,22,24,25);1H. The number of carbonyl (C=O) groups excluding carboxylic acids is 1. The molecule has 0 fully saturated rings. The van der Waals surface area contributed by atoms with Crippen LogP contribution in [0.4, 0.5) is 8.78 Å². The number of furan rings is 1. The van der Waals surface area contributed by atoms with Crippen molar-refractivity contribution in [3.63, 3.8) is 0 Å². The van der Waals surface area contributed by atoms with Gasteiger partial charge in [-0.05, 0) is 37.3 Å². The summed E-state index contributed by atoms with van der Waals surface area (Å²) in [6.07, 6.45) is 1.42. The Morgan fingerprint density at radius 2 is 1.97 bits per heavy atom. The molecule has 11 heteroatoms. The highest BCUT2D eigenvalue weighted by molar-refractivity contribution is 14.0. The molecule has 0 spiro atoms. The third kappa shape index (κ3) is 8.43. The van der Waals surface area contributed by atoms with Crippen molar-refractivity contribution in [3.05, 3.63) is 47.9 Å². The van der Waals surface area contributed by atoms with E-state index in [9.17, 15) is 13.6 Å². The molecule has 8 nitrogen and oxygen atoms in total. The van der Waals surface area contributed by atoms with Crippen molar-refractivity contribution in [3.8, 4) is 11.5 Å². The summed E-state index contributed by atoms with van der Waals surface area (Å²) in [4.78, 5) is 16.2. The second-order valence-electron chi connectivity index (χ2n) is 5.71. The van der Waals surface area contributed by atoms with Crippen molar-refractivity contribution in [1.29, 1.82) is 0 Å². The van der Waals surface area contributed by atoms with Gasteiger partial charge in [-0.15, -0.1) is 24.0 Å². The Balaban J connectivity index is 0.00000450. The van der Waals surface area contributed by atoms with Gasteiger partial charge in [-0.1, -0.05) is 0 Å². The van der Waals surface area contributed by atoms with Gasteiger partial charge in [0.05, 0.1) is 19.9 Å². The number of hydrogen-bond acceptors (Lipinski definition) is 5. The first-order valence-electron chi connectivity index (χ1n) is 8.99. The lowest BCUT2D eigenvalue weighted by atomic mass is 10.2. The summed E-state index contributed by atoms with van der Waals surface area (Å²) < 4.78 is 39.9. The van der Waals surface area contributed by atoms with E-state index in [0.717, 1.165) is 0 Å².